The summed E-state index contributed by atoms with van der Waals surface area (Å²) in [5.41, 5.74) is 11.8. The summed E-state index contributed by atoms with van der Waals surface area (Å²) >= 11 is 0. The van der Waals surface area contributed by atoms with Gasteiger partial charge in [0, 0.05) is 38.2 Å². The Kier molecular flexibility index (Phi) is 6.22. The van der Waals surface area contributed by atoms with Crippen LogP contribution in [0.25, 0.3) is 99.3 Å². The molecule has 0 unspecified atom stereocenters. The Bertz CT molecular complexity index is 3170. The third kappa shape index (κ3) is 4.28. The van der Waals surface area contributed by atoms with Crippen molar-refractivity contribution in [3.8, 4) is 33.9 Å². The van der Waals surface area contributed by atoms with Gasteiger partial charge < -0.3 is 4.57 Å². The van der Waals surface area contributed by atoms with E-state index in [1.807, 2.05) is 24.3 Å². The highest BCUT2D eigenvalue weighted by atomic mass is 15.1. The third-order valence-electron chi connectivity index (χ3n) is 10.5. The monoisotopic (exact) mass is 662 g/mol. The van der Waals surface area contributed by atoms with Crippen LogP contribution in [0.4, 0.5) is 0 Å². The van der Waals surface area contributed by atoms with E-state index in [0.717, 1.165) is 44.8 Å². The molecule has 4 nitrogen and oxygen atoms in total. The Morgan fingerprint density at radius 3 is 1.69 bits per heavy atom. The van der Waals surface area contributed by atoms with Crippen LogP contribution in [0.5, 0.6) is 0 Å². The molecule has 8 aromatic carbocycles. The van der Waals surface area contributed by atoms with Crippen molar-refractivity contribution in [2.45, 2.75) is 0 Å². The average molecular weight is 663 g/mol. The minimum Gasteiger partial charge on any atom is -0.309 e. The minimum atomic E-state index is 0.823. The largest absolute Gasteiger partial charge is 0.309 e. The molecule has 3 heterocycles. The lowest BCUT2D eigenvalue weighted by molar-refractivity contribution is 1.08. The number of benzene rings is 8. The highest BCUT2D eigenvalue weighted by Crippen LogP contribution is 2.41. The van der Waals surface area contributed by atoms with Crippen LogP contribution in [0.3, 0.4) is 0 Å². The predicted octanol–water partition coefficient (Wildman–Crippen LogP) is 12.3. The highest BCUT2D eigenvalue weighted by molar-refractivity contribution is 6.19. The zero-order chi connectivity index (χ0) is 34.2. The summed E-state index contributed by atoms with van der Waals surface area (Å²) in [6.45, 7) is 0. The number of hydrogen-bond acceptors (Lipinski definition) is 2. The second-order valence-electron chi connectivity index (χ2n) is 13.4. The van der Waals surface area contributed by atoms with Crippen LogP contribution in [0.2, 0.25) is 0 Å². The van der Waals surface area contributed by atoms with E-state index in [4.69, 9.17) is 9.97 Å². The fourth-order valence-electron chi connectivity index (χ4n) is 8.12. The topological polar surface area (TPSA) is 35.6 Å². The fourth-order valence-corrected chi connectivity index (χ4v) is 8.12. The summed E-state index contributed by atoms with van der Waals surface area (Å²) in [6, 6.07) is 64.8. The molecule has 0 atom stereocenters. The Hall–Kier alpha value is -7.04. The summed E-state index contributed by atoms with van der Waals surface area (Å²) in [5.74, 6) is 0.823. The third-order valence-corrected chi connectivity index (χ3v) is 10.5. The molecule has 0 spiro atoms. The molecule has 52 heavy (non-hydrogen) atoms. The van der Waals surface area contributed by atoms with Crippen molar-refractivity contribution in [2.24, 2.45) is 0 Å². The Morgan fingerprint density at radius 2 is 0.923 bits per heavy atom. The van der Waals surface area contributed by atoms with Crippen molar-refractivity contribution in [3.63, 3.8) is 0 Å². The Morgan fingerprint density at radius 1 is 0.346 bits per heavy atom. The van der Waals surface area contributed by atoms with Gasteiger partial charge in [-0.2, -0.15) is 0 Å². The minimum absolute atomic E-state index is 0.823. The van der Waals surface area contributed by atoms with Crippen LogP contribution in [0, 0.1) is 0 Å². The quantitative estimate of drug-likeness (QED) is 0.188. The molecule has 0 amide bonds. The lowest BCUT2D eigenvalue weighted by Gasteiger charge is -2.14. The molecule has 0 saturated carbocycles. The molecule has 0 aliphatic heterocycles. The fraction of sp³-hybridized carbons (Fsp3) is 0. The lowest BCUT2D eigenvalue weighted by atomic mass is 10.00. The standard InChI is InChI=1S/C48H30N4/c1-3-14-32(15-4-1)46-48(50-42-21-11-10-20-41(42)49-46)52-45-28-25-34(30-40(45)38-26-23-31-13-7-8-18-36(31)47(38)52)33-24-27-44-39(29-33)37-19-9-12-22-43(37)51(44)35-16-5-2-6-17-35/h1-30H. The van der Waals surface area contributed by atoms with Crippen LogP contribution in [-0.4, -0.2) is 19.1 Å². The maximum Gasteiger partial charge on any atom is 0.165 e. The van der Waals surface area contributed by atoms with Gasteiger partial charge in [0.1, 0.15) is 5.69 Å². The summed E-state index contributed by atoms with van der Waals surface area (Å²) in [6.07, 6.45) is 0. The molecule has 0 bridgehead atoms. The number of aromatic nitrogens is 4. The smallest absolute Gasteiger partial charge is 0.165 e. The predicted molar refractivity (Wildman–Crippen MR) is 217 cm³/mol. The highest BCUT2D eigenvalue weighted by Gasteiger charge is 2.21. The van der Waals surface area contributed by atoms with E-state index in [2.05, 4.69) is 167 Å². The summed E-state index contributed by atoms with van der Waals surface area (Å²) < 4.78 is 4.71. The van der Waals surface area contributed by atoms with Crippen molar-refractivity contribution >= 4 is 65.4 Å². The first-order valence-electron chi connectivity index (χ1n) is 17.7. The van der Waals surface area contributed by atoms with Gasteiger partial charge >= 0.3 is 0 Å². The number of nitrogens with zero attached hydrogens (tertiary/aromatic N) is 4. The SMILES string of the molecule is c1ccc(-c2nc3ccccc3nc2-n2c3ccc(-c4ccc5c(c4)c4ccccc4n5-c4ccccc4)cc3c3ccc4ccccc4c32)cc1. The molecule has 0 radical (unpaired) electrons. The molecule has 11 rings (SSSR count). The summed E-state index contributed by atoms with van der Waals surface area (Å²) in [5, 5.41) is 7.22. The molecule has 242 valence electrons. The van der Waals surface area contributed by atoms with E-state index in [0.29, 0.717) is 0 Å². The van der Waals surface area contributed by atoms with Gasteiger partial charge in [0.15, 0.2) is 5.82 Å². The Labute approximate surface area is 299 Å². The van der Waals surface area contributed by atoms with E-state index < -0.39 is 0 Å². The van der Waals surface area contributed by atoms with E-state index in [1.165, 1.54) is 54.5 Å². The molecular formula is C48H30N4. The molecule has 0 fully saturated rings. The normalized spacial score (nSPS) is 11.8. The van der Waals surface area contributed by atoms with Crippen molar-refractivity contribution in [1.29, 1.82) is 0 Å². The zero-order valence-corrected chi connectivity index (χ0v) is 28.1. The van der Waals surface area contributed by atoms with Crippen LogP contribution in [0.15, 0.2) is 182 Å². The van der Waals surface area contributed by atoms with Crippen LogP contribution < -0.4 is 0 Å². The van der Waals surface area contributed by atoms with Crippen molar-refractivity contribution in [3.05, 3.63) is 182 Å². The molecule has 0 saturated heterocycles. The van der Waals surface area contributed by atoms with Crippen molar-refractivity contribution < 1.29 is 0 Å². The molecule has 11 aromatic rings. The lowest BCUT2D eigenvalue weighted by Crippen LogP contribution is -2.04. The zero-order valence-electron chi connectivity index (χ0n) is 28.1. The summed E-state index contributed by atoms with van der Waals surface area (Å²) in [7, 11) is 0. The van der Waals surface area contributed by atoms with E-state index in [-0.39, 0.29) is 0 Å². The van der Waals surface area contributed by atoms with Gasteiger partial charge in [0.05, 0.1) is 33.1 Å². The maximum absolute atomic E-state index is 5.37. The van der Waals surface area contributed by atoms with E-state index in [9.17, 15) is 0 Å². The first-order chi connectivity index (χ1) is 25.8. The molecule has 3 aromatic heterocycles. The van der Waals surface area contributed by atoms with Gasteiger partial charge in [-0.3, -0.25) is 4.57 Å². The van der Waals surface area contributed by atoms with Crippen LogP contribution in [0.1, 0.15) is 0 Å². The average Bonchev–Trinajstić information content (AvgIpc) is 3.73. The number of rotatable bonds is 4. The van der Waals surface area contributed by atoms with Gasteiger partial charge in [0.2, 0.25) is 0 Å². The van der Waals surface area contributed by atoms with Gasteiger partial charge in [-0.1, -0.05) is 127 Å². The van der Waals surface area contributed by atoms with Crippen molar-refractivity contribution in [1.82, 2.24) is 19.1 Å². The van der Waals surface area contributed by atoms with Gasteiger partial charge in [-0.25, -0.2) is 9.97 Å². The van der Waals surface area contributed by atoms with Crippen LogP contribution >= 0.6 is 0 Å². The van der Waals surface area contributed by atoms with Gasteiger partial charge in [-0.05, 0) is 71.1 Å². The molecule has 0 N–H and O–H groups in total. The molecule has 0 aliphatic carbocycles. The van der Waals surface area contributed by atoms with Gasteiger partial charge in [-0.15, -0.1) is 0 Å². The maximum atomic E-state index is 5.37. The second kappa shape index (κ2) is 11.2. The summed E-state index contributed by atoms with van der Waals surface area (Å²) in [4.78, 5) is 10.6. The van der Waals surface area contributed by atoms with E-state index >= 15 is 0 Å². The van der Waals surface area contributed by atoms with Crippen LogP contribution in [-0.2, 0) is 0 Å². The Balaban J connectivity index is 1.19. The number of hydrogen-bond donors (Lipinski definition) is 0. The molecule has 4 heteroatoms. The van der Waals surface area contributed by atoms with Crippen molar-refractivity contribution in [2.75, 3.05) is 0 Å². The number of fused-ring (bicyclic) bond motifs is 9. The molecular weight excluding hydrogens is 633 g/mol. The number of para-hydroxylation sites is 4. The first-order valence-corrected chi connectivity index (χ1v) is 17.7. The first kappa shape index (κ1) is 28.8. The second-order valence-corrected chi connectivity index (χ2v) is 13.4. The van der Waals surface area contributed by atoms with Gasteiger partial charge in [0.25, 0.3) is 0 Å². The van der Waals surface area contributed by atoms with E-state index in [1.54, 1.807) is 0 Å². The molecule has 0 aliphatic rings.